The molecule has 0 saturated carbocycles. The Morgan fingerprint density at radius 1 is 0.939 bits per heavy atom. The van der Waals surface area contributed by atoms with Crippen molar-refractivity contribution in [2.45, 2.75) is 17.2 Å². The van der Waals surface area contributed by atoms with E-state index in [-0.39, 0.29) is 6.04 Å². The van der Waals surface area contributed by atoms with Crippen molar-refractivity contribution in [1.82, 2.24) is 9.62 Å². The Kier molecular flexibility index (Phi) is 7.38. The van der Waals surface area contributed by atoms with Crippen LogP contribution in [-0.2, 0) is 10.0 Å². The molecule has 1 aliphatic heterocycles. The van der Waals surface area contributed by atoms with Crippen LogP contribution in [0.2, 0.25) is 0 Å². The summed E-state index contributed by atoms with van der Waals surface area (Å²) in [6.07, 6.45) is 0. The van der Waals surface area contributed by atoms with Crippen molar-refractivity contribution >= 4 is 32.7 Å². The van der Waals surface area contributed by atoms with E-state index >= 15 is 0 Å². The van der Waals surface area contributed by atoms with Gasteiger partial charge in [0.25, 0.3) is 0 Å². The quantitative estimate of drug-likeness (QED) is 0.524. The third kappa shape index (κ3) is 5.76. The van der Waals surface area contributed by atoms with E-state index in [9.17, 15) is 8.42 Å². The normalized spacial score (nSPS) is 16.0. The van der Waals surface area contributed by atoms with Gasteiger partial charge in [0.2, 0.25) is 10.0 Å². The summed E-state index contributed by atoms with van der Waals surface area (Å²) in [5, 5.41) is 0. The Labute approximate surface area is 201 Å². The van der Waals surface area contributed by atoms with Gasteiger partial charge in [-0.1, -0.05) is 30.3 Å². The first-order valence-electron chi connectivity index (χ1n) is 11.2. The van der Waals surface area contributed by atoms with Gasteiger partial charge in [-0.05, 0) is 48.9 Å². The van der Waals surface area contributed by atoms with Crippen LogP contribution in [0, 0.1) is 6.92 Å². The summed E-state index contributed by atoms with van der Waals surface area (Å²) in [6, 6.07) is 22.4. The summed E-state index contributed by atoms with van der Waals surface area (Å²) in [7, 11) is 0.507. The van der Waals surface area contributed by atoms with Crippen LogP contribution in [-0.4, -0.2) is 60.1 Å². The molecule has 1 atom stereocenters. The number of thiophene rings is 1. The number of rotatable bonds is 8. The average Bonchev–Trinajstić information content (AvgIpc) is 3.28. The number of piperazine rings is 1. The number of hydrogen-bond donors (Lipinski definition) is 1. The second kappa shape index (κ2) is 10.3. The molecule has 1 saturated heterocycles. The fraction of sp³-hybridized carbons (Fsp3) is 0.360. The molecule has 1 fully saturated rings. The van der Waals surface area contributed by atoms with Crippen LogP contribution in [0.4, 0.5) is 11.4 Å². The molecule has 0 spiro atoms. The summed E-state index contributed by atoms with van der Waals surface area (Å²) in [5.74, 6) is 0. The second-order valence-corrected chi connectivity index (χ2v) is 11.9. The zero-order valence-electron chi connectivity index (χ0n) is 19.4. The maximum Gasteiger partial charge on any atom is 0.250 e. The molecule has 0 aliphatic carbocycles. The number of anilines is 2. The van der Waals surface area contributed by atoms with Crippen LogP contribution in [0.1, 0.15) is 16.5 Å². The largest absolute Gasteiger partial charge is 0.378 e. The summed E-state index contributed by atoms with van der Waals surface area (Å²) in [4.78, 5) is 7.84. The van der Waals surface area contributed by atoms with E-state index in [1.807, 2.05) is 33.2 Å². The Hall–Kier alpha value is -2.39. The molecule has 8 heteroatoms. The molecule has 2 aromatic carbocycles. The molecule has 1 aliphatic rings. The third-order valence-corrected chi connectivity index (χ3v) is 9.03. The monoisotopic (exact) mass is 484 g/mol. The van der Waals surface area contributed by atoms with Crippen molar-refractivity contribution in [3.63, 3.8) is 0 Å². The zero-order valence-corrected chi connectivity index (χ0v) is 21.1. The van der Waals surface area contributed by atoms with E-state index in [1.54, 1.807) is 6.07 Å². The molecule has 33 heavy (non-hydrogen) atoms. The van der Waals surface area contributed by atoms with E-state index in [0.29, 0.717) is 10.8 Å². The molecular weight excluding hydrogens is 452 g/mol. The van der Waals surface area contributed by atoms with Gasteiger partial charge in [-0.25, -0.2) is 13.1 Å². The molecule has 6 nitrogen and oxygen atoms in total. The maximum atomic E-state index is 12.9. The van der Waals surface area contributed by atoms with Crippen LogP contribution in [0.3, 0.4) is 0 Å². The standard InChI is InChI=1S/C25H32N4O2S2/c1-20-9-14-25(32-20)33(30,31)26-19-24(21-10-12-22(13-11-21)27(2)3)29-17-15-28(16-18-29)23-7-5-4-6-8-23/h4-14,24,26H,15-19H2,1-3H3. The average molecular weight is 485 g/mol. The lowest BCUT2D eigenvalue weighted by molar-refractivity contribution is 0.187. The van der Waals surface area contributed by atoms with Crippen LogP contribution in [0.15, 0.2) is 70.9 Å². The van der Waals surface area contributed by atoms with E-state index in [0.717, 1.165) is 42.3 Å². The first-order valence-corrected chi connectivity index (χ1v) is 13.5. The topological polar surface area (TPSA) is 55.9 Å². The predicted molar refractivity (Wildman–Crippen MR) is 138 cm³/mol. The lowest BCUT2D eigenvalue weighted by Crippen LogP contribution is -2.49. The van der Waals surface area contributed by atoms with Gasteiger partial charge in [-0.3, -0.25) is 4.90 Å². The number of para-hydroxylation sites is 1. The Balaban J connectivity index is 1.51. The van der Waals surface area contributed by atoms with Crippen molar-refractivity contribution in [2.75, 3.05) is 56.6 Å². The highest BCUT2D eigenvalue weighted by molar-refractivity contribution is 7.91. The number of aryl methyl sites for hydroxylation is 1. The number of sulfonamides is 1. The molecular formula is C25H32N4O2S2. The van der Waals surface area contributed by atoms with Gasteiger partial charge in [0.05, 0.1) is 0 Å². The number of hydrogen-bond acceptors (Lipinski definition) is 6. The molecule has 4 rings (SSSR count). The van der Waals surface area contributed by atoms with Gasteiger partial charge in [-0.2, -0.15) is 0 Å². The van der Waals surface area contributed by atoms with Gasteiger partial charge >= 0.3 is 0 Å². The minimum absolute atomic E-state index is 0.0324. The molecule has 2 heterocycles. The summed E-state index contributed by atoms with van der Waals surface area (Å²) in [6.45, 7) is 5.82. The Morgan fingerprint density at radius 3 is 2.18 bits per heavy atom. The van der Waals surface area contributed by atoms with E-state index in [1.165, 1.54) is 17.0 Å². The van der Waals surface area contributed by atoms with Crippen LogP contribution in [0.5, 0.6) is 0 Å². The highest BCUT2D eigenvalue weighted by Crippen LogP contribution is 2.27. The molecule has 0 radical (unpaired) electrons. The first-order chi connectivity index (χ1) is 15.8. The van der Waals surface area contributed by atoms with Gasteiger partial charge in [0.1, 0.15) is 4.21 Å². The van der Waals surface area contributed by atoms with Crippen LogP contribution in [0.25, 0.3) is 0 Å². The Morgan fingerprint density at radius 2 is 1.61 bits per heavy atom. The molecule has 1 unspecified atom stereocenters. The van der Waals surface area contributed by atoms with Crippen molar-refractivity contribution in [3.8, 4) is 0 Å². The van der Waals surface area contributed by atoms with Gasteiger partial charge < -0.3 is 9.80 Å². The van der Waals surface area contributed by atoms with E-state index in [2.05, 4.69) is 68.0 Å². The smallest absolute Gasteiger partial charge is 0.250 e. The number of nitrogens with one attached hydrogen (secondary N) is 1. The third-order valence-electron chi connectivity index (χ3n) is 6.12. The van der Waals surface area contributed by atoms with E-state index in [4.69, 9.17) is 0 Å². The first kappa shape index (κ1) is 23.8. The van der Waals surface area contributed by atoms with Crippen molar-refractivity contribution in [2.24, 2.45) is 0 Å². The SMILES string of the molecule is Cc1ccc(S(=O)(=O)NCC(c2ccc(N(C)C)cc2)N2CCN(c3ccccc3)CC2)s1. The lowest BCUT2D eigenvalue weighted by atomic mass is 10.0. The number of benzene rings is 2. The summed E-state index contributed by atoms with van der Waals surface area (Å²) < 4.78 is 29.1. The Bertz CT molecular complexity index is 1140. The fourth-order valence-electron chi connectivity index (χ4n) is 4.20. The molecule has 0 bridgehead atoms. The summed E-state index contributed by atoms with van der Waals surface area (Å²) >= 11 is 1.30. The van der Waals surface area contributed by atoms with Crippen molar-refractivity contribution in [1.29, 1.82) is 0 Å². The second-order valence-electron chi connectivity index (χ2n) is 8.58. The zero-order chi connectivity index (χ0) is 23.4. The van der Waals surface area contributed by atoms with Gasteiger partial charge in [0, 0.05) is 69.1 Å². The van der Waals surface area contributed by atoms with Gasteiger partial charge in [0.15, 0.2) is 0 Å². The highest BCUT2D eigenvalue weighted by Gasteiger charge is 2.27. The molecule has 176 valence electrons. The molecule has 1 aromatic heterocycles. The predicted octanol–water partition coefficient (Wildman–Crippen LogP) is 3.96. The fourth-order valence-corrected chi connectivity index (χ4v) is 6.57. The molecule has 0 amide bonds. The van der Waals surface area contributed by atoms with Gasteiger partial charge in [-0.15, -0.1) is 11.3 Å². The van der Waals surface area contributed by atoms with Crippen molar-refractivity contribution in [3.05, 3.63) is 77.2 Å². The van der Waals surface area contributed by atoms with Crippen LogP contribution < -0.4 is 14.5 Å². The number of nitrogens with zero attached hydrogens (tertiary/aromatic N) is 3. The van der Waals surface area contributed by atoms with E-state index < -0.39 is 10.0 Å². The lowest BCUT2D eigenvalue weighted by Gasteiger charge is -2.40. The van der Waals surface area contributed by atoms with Crippen LogP contribution >= 0.6 is 11.3 Å². The minimum atomic E-state index is -3.53. The van der Waals surface area contributed by atoms with Crippen molar-refractivity contribution < 1.29 is 8.42 Å². The maximum absolute atomic E-state index is 12.9. The minimum Gasteiger partial charge on any atom is -0.378 e. The summed E-state index contributed by atoms with van der Waals surface area (Å²) in [5.41, 5.74) is 3.48. The highest BCUT2D eigenvalue weighted by atomic mass is 32.2. The molecule has 1 N–H and O–H groups in total. The molecule has 3 aromatic rings.